The molecule has 1 heterocycles. The lowest BCUT2D eigenvalue weighted by Crippen LogP contribution is -2.41. The molecule has 0 aromatic heterocycles. The molecule has 1 fully saturated rings. The zero-order valence-electron chi connectivity index (χ0n) is 12.5. The van der Waals surface area contributed by atoms with Crippen molar-refractivity contribution in [3.8, 4) is 5.75 Å². The Labute approximate surface area is 125 Å². The van der Waals surface area contributed by atoms with Crippen LogP contribution in [0.5, 0.6) is 5.75 Å². The number of nitrogens with one attached hydrogen (secondary N) is 1. The van der Waals surface area contributed by atoms with Gasteiger partial charge < -0.3 is 20.5 Å². The normalized spacial score (nSPS) is 17.2. The van der Waals surface area contributed by atoms with Crippen LogP contribution in [0, 0.1) is 0 Å². The molecule has 5 nitrogen and oxygen atoms in total. The van der Waals surface area contributed by atoms with E-state index in [0.29, 0.717) is 19.0 Å². The van der Waals surface area contributed by atoms with Crippen LogP contribution < -0.4 is 15.8 Å². The molecule has 0 aliphatic carbocycles. The molecule has 2 rings (SSSR count). The van der Waals surface area contributed by atoms with Gasteiger partial charge in [-0.15, -0.1) is 0 Å². The fourth-order valence-electron chi connectivity index (χ4n) is 2.31. The zero-order chi connectivity index (χ0) is 15.1. The Morgan fingerprint density at radius 3 is 2.67 bits per heavy atom. The maximum absolute atomic E-state index is 11.8. The van der Waals surface area contributed by atoms with Crippen LogP contribution in [0.1, 0.15) is 37.8 Å². The first kappa shape index (κ1) is 15.8. The number of nitrogens with two attached hydrogens (primary N) is 1. The van der Waals surface area contributed by atoms with Gasteiger partial charge in [0.25, 0.3) is 5.91 Å². The Balaban J connectivity index is 1.75. The minimum absolute atomic E-state index is 0.0382. The lowest BCUT2D eigenvalue weighted by atomic mass is 10.1. The van der Waals surface area contributed by atoms with Gasteiger partial charge in [0.1, 0.15) is 5.75 Å². The van der Waals surface area contributed by atoms with Gasteiger partial charge in [-0.3, -0.25) is 4.79 Å². The quantitative estimate of drug-likeness (QED) is 0.838. The fourth-order valence-corrected chi connectivity index (χ4v) is 2.31. The Bertz CT molecular complexity index is 441. The summed E-state index contributed by atoms with van der Waals surface area (Å²) in [6.07, 6.45) is 2.64. The van der Waals surface area contributed by atoms with Gasteiger partial charge in [0, 0.05) is 25.3 Å². The van der Waals surface area contributed by atoms with Gasteiger partial charge in [0.2, 0.25) is 0 Å². The van der Waals surface area contributed by atoms with Crippen molar-refractivity contribution in [3.05, 3.63) is 29.8 Å². The summed E-state index contributed by atoms with van der Waals surface area (Å²) in [5, 5.41) is 2.96. The Hall–Kier alpha value is -1.59. The highest BCUT2D eigenvalue weighted by Crippen LogP contribution is 2.18. The monoisotopic (exact) mass is 292 g/mol. The number of benzene rings is 1. The minimum Gasteiger partial charge on any atom is -0.484 e. The van der Waals surface area contributed by atoms with Gasteiger partial charge in [-0.2, -0.15) is 0 Å². The largest absolute Gasteiger partial charge is 0.484 e. The number of carbonyl (C=O) groups is 1. The van der Waals surface area contributed by atoms with Gasteiger partial charge in [-0.25, -0.2) is 0 Å². The Morgan fingerprint density at radius 2 is 2.05 bits per heavy atom. The number of carbonyl (C=O) groups excluding carboxylic acids is 1. The third kappa shape index (κ3) is 5.02. The number of hydrogen-bond acceptors (Lipinski definition) is 4. The predicted molar refractivity (Wildman–Crippen MR) is 81.1 cm³/mol. The summed E-state index contributed by atoms with van der Waals surface area (Å²) < 4.78 is 10.8. The van der Waals surface area contributed by atoms with Gasteiger partial charge in [-0.05, 0) is 37.0 Å². The molecule has 0 bridgehead atoms. The van der Waals surface area contributed by atoms with Crippen LogP contribution in [-0.2, 0) is 9.53 Å². The molecule has 1 aliphatic rings. The molecule has 1 amide bonds. The molecule has 116 valence electrons. The summed E-state index contributed by atoms with van der Waals surface area (Å²) >= 11 is 0. The predicted octanol–water partition coefficient (Wildman–Crippen LogP) is 1.77. The molecule has 1 atom stereocenters. The van der Waals surface area contributed by atoms with Crippen LogP contribution in [0.25, 0.3) is 0 Å². The first-order chi connectivity index (χ1) is 10.2. The van der Waals surface area contributed by atoms with Crippen molar-refractivity contribution in [2.75, 3.05) is 19.8 Å². The van der Waals surface area contributed by atoms with E-state index in [9.17, 15) is 4.79 Å². The van der Waals surface area contributed by atoms with Gasteiger partial charge >= 0.3 is 0 Å². The standard InChI is InChI=1S/C16H24N2O3/c1-2-15(17)12-3-5-14(6-4-12)21-11-16(19)18-13-7-9-20-10-8-13/h3-6,13,15H,2,7-11,17H2,1H3,(H,18,19)/t15-/m1/s1. The van der Waals surface area contributed by atoms with Crippen LogP contribution in [0.4, 0.5) is 0 Å². The number of hydrogen-bond donors (Lipinski definition) is 2. The molecular weight excluding hydrogens is 268 g/mol. The lowest BCUT2D eigenvalue weighted by Gasteiger charge is -2.23. The van der Waals surface area contributed by atoms with Gasteiger partial charge in [-0.1, -0.05) is 19.1 Å². The second-order valence-electron chi connectivity index (χ2n) is 5.33. The molecular formula is C16H24N2O3. The van der Waals surface area contributed by atoms with Crippen molar-refractivity contribution >= 4 is 5.91 Å². The van der Waals surface area contributed by atoms with Crippen molar-refractivity contribution in [1.29, 1.82) is 0 Å². The maximum atomic E-state index is 11.8. The van der Waals surface area contributed by atoms with E-state index < -0.39 is 0 Å². The summed E-state index contributed by atoms with van der Waals surface area (Å²) in [6, 6.07) is 7.86. The van der Waals surface area contributed by atoms with Crippen LogP contribution in [-0.4, -0.2) is 31.8 Å². The van der Waals surface area contributed by atoms with Gasteiger partial charge in [0.05, 0.1) is 0 Å². The van der Waals surface area contributed by atoms with E-state index in [4.69, 9.17) is 15.2 Å². The second kappa shape index (κ2) is 8.00. The molecule has 1 aromatic carbocycles. The van der Waals surface area contributed by atoms with E-state index in [0.717, 1.165) is 24.8 Å². The number of ether oxygens (including phenoxy) is 2. The number of amides is 1. The van der Waals surface area contributed by atoms with Gasteiger partial charge in [0.15, 0.2) is 6.61 Å². The third-order valence-corrected chi connectivity index (χ3v) is 3.70. The maximum Gasteiger partial charge on any atom is 0.258 e. The summed E-state index contributed by atoms with van der Waals surface area (Å²) in [7, 11) is 0. The van der Waals surface area contributed by atoms with Crippen molar-refractivity contribution < 1.29 is 14.3 Å². The average molecular weight is 292 g/mol. The molecule has 0 spiro atoms. The summed E-state index contributed by atoms with van der Waals surface area (Å²) in [4.78, 5) is 11.8. The number of rotatable bonds is 6. The van der Waals surface area contributed by atoms with E-state index in [1.807, 2.05) is 24.3 Å². The summed E-state index contributed by atoms with van der Waals surface area (Å²) in [5.41, 5.74) is 7.04. The Kier molecular flexibility index (Phi) is 6.02. The van der Waals surface area contributed by atoms with E-state index in [-0.39, 0.29) is 24.6 Å². The van der Waals surface area contributed by atoms with Crippen molar-refractivity contribution in [2.24, 2.45) is 5.73 Å². The highest BCUT2D eigenvalue weighted by atomic mass is 16.5. The summed E-state index contributed by atoms with van der Waals surface area (Å²) in [6.45, 7) is 3.52. The molecule has 5 heteroatoms. The van der Waals surface area contributed by atoms with E-state index >= 15 is 0 Å². The van der Waals surface area contributed by atoms with E-state index in [1.165, 1.54) is 0 Å². The molecule has 1 aromatic rings. The van der Waals surface area contributed by atoms with Crippen molar-refractivity contribution in [1.82, 2.24) is 5.32 Å². The molecule has 1 aliphatic heterocycles. The van der Waals surface area contributed by atoms with E-state index in [2.05, 4.69) is 12.2 Å². The molecule has 0 saturated carbocycles. The lowest BCUT2D eigenvalue weighted by molar-refractivity contribution is -0.124. The third-order valence-electron chi connectivity index (χ3n) is 3.70. The summed E-state index contributed by atoms with van der Waals surface area (Å²) in [5.74, 6) is 0.598. The first-order valence-electron chi connectivity index (χ1n) is 7.54. The van der Waals surface area contributed by atoms with Crippen molar-refractivity contribution in [2.45, 2.75) is 38.3 Å². The smallest absolute Gasteiger partial charge is 0.258 e. The van der Waals surface area contributed by atoms with Crippen LogP contribution in [0.15, 0.2) is 24.3 Å². The molecule has 0 radical (unpaired) electrons. The molecule has 21 heavy (non-hydrogen) atoms. The average Bonchev–Trinajstić information content (AvgIpc) is 2.53. The zero-order valence-corrected chi connectivity index (χ0v) is 12.5. The molecule has 1 saturated heterocycles. The van der Waals surface area contributed by atoms with Crippen molar-refractivity contribution in [3.63, 3.8) is 0 Å². The SMILES string of the molecule is CC[C@@H](N)c1ccc(OCC(=O)NC2CCOCC2)cc1. The molecule has 3 N–H and O–H groups in total. The highest BCUT2D eigenvalue weighted by molar-refractivity contribution is 5.77. The van der Waals surface area contributed by atoms with Crippen LogP contribution in [0.2, 0.25) is 0 Å². The van der Waals surface area contributed by atoms with Crippen LogP contribution in [0.3, 0.4) is 0 Å². The minimum atomic E-state index is -0.0868. The fraction of sp³-hybridized carbons (Fsp3) is 0.562. The highest BCUT2D eigenvalue weighted by Gasteiger charge is 2.16. The molecule has 0 unspecified atom stereocenters. The first-order valence-corrected chi connectivity index (χ1v) is 7.54. The Morgan fingerprint density at radius 1 is 1.38 bits per heavy atom. The van der Waals surface area contributed by atoms with Crippen LogP contribution >= 0.6 is 0 Å². The topological polar surface area (TPSA) is 73.6 Å². The van der Waals surface area contributed by atoms with E-state index in [1.54, 1.807) is 0 Å². The second-order valence-corrected chi connectivity index (χ2v) is 5.33.